The Hall–Kier alpha value is -1.03. The monoisotopic (exact) mass is 271 g/mol. The molecule has 1 atom stereocenters. The summed E-state index contributed by atoms with van der Waals surface area (Å²) in [6.45, 7) is 5.31. The third kappa shape index (κ3) is 4.69. The fraction of sp³-hybridized carbons (Fsp3) is 0.692. The molecular weight excluding hydrogens is 250 g/mol. The van der Waals surface area contributed by atoms with Crippen LogP contribution in [0.2, 0.25) is 5.02 Å². The van der Waals surface area contributed by atoms with E-state index in [1.807, 2.05) is 0 Å². The van der Waals surface area contributed by atoms with Gasteiger partial charge in [-0.25, -0.2) is 4.98 Å². The third-order valence-electron chi connectivity index (χ3n) is 3.01. The SMILES string of the molecule is CCCCC(CC)CNc1nc(OC)ncc1Cl. The van der Waals surface area contributed by atoms with Crippen LogP contribution in [0.3, 0.4) is 0 Å². The van der Waals surface area contributed by atoms with E-state index in [1.165, 1.54) is 19.3 Å². The van der Waals surface area contributed by atoms with Gasteiger partial charge >= 0.3 is 6.01 Å². The largest absolute Gasteiger partial charge is 0.467 e. The van der Waals surface area contributed by atoms with Crippen LogP contribution in [0.15, 0.2) is 6.20 Å². The van der Waals surface area contributed by atoms with Crippen LogP contribution in [-0.4, -0.2) is 23.6 Å². The Morgan fingerprint density at radius 2 is 2.22 bits per heavy atom. The van der Waals surface area contributed by atoms with Crippen molar-refractivity contribution in [2.75, 3.05) is 19.0 Å². The van der Waals surface area contributed by atoms with E-state index in [4.69, 9.17) is 16.3 Å². The van der Waals surface area contributed by atoms with E-state index in [2.05, 4.69) is 29.1 Å². The second kappa shape index (κ2) is 8.14. The molecule has 0 aliphatic heterocycles. The number of halogens is 1. The van der Waals surface area contributed by atoms with Crippen LogP contribution in [0.4, 0.5) is 5.82 Å². The number of hydrogen-bond donors (Lipinski definition) is 1. The summed E-state index contributed by atoms with van der Waals surface area (Å²) in [6.07, 6.45) is 6.45. The minimum absolute atomic E-state index is 0.337. The van der Waals surface area contributed by atoms with E-state index in [0.29, 0.717) is 22.8 Å². The first-order valence-electron chi connectivity index (χ1n) is 6.51. The molecular formula is C13H22ClN3O. The van der Waals surface area contributed by atoms with Gasteiger partial charge in [0.25, 0.3) is 0 Å². The van der Waals surface area contributed by atoms with Crippen molar-refractivity contribution in [2.45, 2.75) is 39.5 Å². The van der Waals surface area contributed by atoms with E-state index >= 15 is 0 Å². The molecule has 18 heavy (non-hydrogen) atoms. The van der Waals surface area contributed by atoms with Crippen LogP contribution in [0.5, 0.6) is 6.01 Å². The Bertz CT molecular complexity index is 360. The van der Waals surface area contributed by atoms with Gasteiger partial charge in [0, 0.05) is 6.54 Å². The number of anilines is 1. The van der Waals surface area contributed by atoms with Crippen LogP contribution in [0, 0.1) is 5.92 Å². The Balaban J connectivity index is 2.55. The normalized spacial score (nSPS) is 12.2. The number of ether oxygens (including phenoxy) is 1. The van der Waals surface area contributed by atoms with Crippen LogP contribution >= 0.6 is 11.6 Å². The molecule has 0 spiro atoms. The third-order valence-corrected chi connectivity index (χ3v) is 3.28. The Morgan fingerprint density at radius 3 is 2.83 bits per heavy atom. The molecule has 0 aliphatic rings. The van der Waals surface area contributed by atoms with Crippen molar-refractivity contribution in [2.24, 2.45) is 5.92 Å². The molecule has 1 unspecified atom stereocenters. The van der Waals surface area contributed by atoms with Gasteiger partial charge in [0.15, 0.2) is 5.82 Å². The molecule has 1 N–H and O–H groups in total. The maximum absolute atomic E-state index is 6.04. The van der Waals surface area contributed by atoms with E-state index in [1.54, 1.807) is 13.3 Å². The number of unbranched alkanes of at least 4 members (excludes halogenated alkanes) is 1. The Morgan fingerprint density at radius 1 is 1.44 bits per heavy atom. The molecule has 1 aromatic heterocycles. The molecule has 1 aromatic rings. The molecule has 1 rings (SSSR count). The molecule has 102 valence electrons. The molecule has 0 saturated carbocycles. The van der Waals surface area contributed by atoms with Crippen LogP contribution in [0.25, 0.3) is 0 Å². The minimum Gasteiger partial charge on any atom is -0.467 e. The zero-order valence-electron chi connectivity index (χ0n) is 11.4. The molecule has 0 aromatic carbocycles. The first kappa shape index (κ1) is 15.0. The molecule has 0 radical (unpaired) electrons. The van der Waals surface area contributed by atoms with Gasteiger partial charge in [0.05, 0.1) is 13.3 Å². The average molecular weight is 272 g/mol. The number of hydrogen-bond acceptors (Lipinski definition) is 4. The fourth-order valence-corrected chi connectivity index (χ4v) is 1.92. The van der Waals surface area contributed by atoms with Crippen molar-refractivity contribution in [1.82, 2.24) is 9.97 Å². The van der Waals surface area contributed by atoms with E-state index in [-0.39, 0.29) is 0 Å². The van der Waals surface area contributed by atoms with Gasteiger partial charge in [-0.1, -0.05) is 44.7 Å². The van der Waals surface area contributed by atoms with Gasteiger partial charge in [-0.3, -0.25) is 0 Å². The smallest absolute Gasteiger partial charge is 0.318 e. The molecule has 0 bridgehead atoms. The highest BCUT2D eigenvalue weighted by molar-refractivity contribution is 6.32. The second-order valence-electron chi connectivity index (χ2n) is 4.35. The van der Waals surface area contributed by atoms with Crippen molar-refractivity contribution in [3.8, 4) is 6.01 Å². The van der Waals surface area contributed by atoms with Gasteiger partial charge in [-0.15, -0.1) is 0 Å². The number of nitrogens with zero attached hydrogens (tertiary/aromatic N) is 2. The lowest BCUT2D eigenvalue weighted by atomic mass is 9.99. The van der Waals surface area contributed by atoms with Crippen LogP contribution < -0.4 is 10.1 Å². The van der Waals surface area contributed by atoms with Gasteiger partial charge in [0.1, 0.15) is 5.02 Å². The maximum Gasteiger partial charge on any atom is 0.318 e. The summed E-state index contributed by atoms with van der Waals surface area (Å²) in [5.41, 5.74) is 0. The molecule has 4 nitrogen and oxygen atoms in total. The van der Waals surface area contributed by atoms with Crippen molar-refractivity contribution >= 4 is 17.4 Å². The lowest BCUT2D eigenvalue weighted by Gasteiger charge is -2.16. The summed E-state index contributed by atoms with van der Waals surface area (Å²) in [5.74, 6) is 1.31. The van der Waals surface area contributed by atoms with Crippen molar-refractivity contribution in [3.63, 3.8) is 0 Å². The summed E-state index contributed by atoms with van der Waals surface area (Å²) in [7, 11) is 1.54. The van der Waals surface area contributed by atoms with E-state index in [9.17, 15) is 0 Å². The second-order valence-corrected chi connectivity index (χ2v) is 4.76. The Labute approximate surface area is 114 Å². The summed E-state index contributed by atoms with van der Waals surface area (Å²) < 4.78 is 4.99. The summed E-state index contributed by atoms with van der Waals surface area (Å²) in [6, 6.07) is 0.337. The first-order valence-corrected chi connectivity index (χ1v) is 6.89. The molecule has 0 amide bonds. The van der Waals surface area contributed by atoms with Gasteiger partial charge < -0.3 is 10.1 Å². The highest BCUT2D eigenvalue weighted by Gasteiger charge is 2.09. The van der Waals surface area contributed by atoms with E-state index < -0.39 is 0 Å². The molecule has 1 heterocycles. The zero-order valence-corrected chi connectivity index (χ0v) is 12.1. The van der Waals surface area contributed by atoms with Crippen molar-refractivity contribution in [1.29, 1.82) is 0 Å². The first-order chi connectivity index (χ1) is 8.71. The predicted molar refractivity (Wildman–Crippen MR) is 75.4 cm³/mol. The van der Waals surface area contributed by atoms with Gasteiger partial charge in [-0.05, 0) is 12.3 Å². The number of aromatic nitrogens is 2. The van der Waals surface area contributed by atoms with Crippen LogP contribution in [-0.2, 0) is 0 Å². The summed E-state index contributed by atoms with van der Waals surface area (Å²) in [5, 5.41) is 3.81. The molecule has 0 saturated heterocycles. The molecule has 5 heteroatoms. The summed E-state index contributed by atoms with van der Waals surface area (Å²) >= 11 is 6.04. The predicted octanol–water partition coefficient (Wildman–Crippen LogP) is 3.77. The quantitative estimate of drug-likeness (QED) is 0.782. The van der Waals surface area contributed by atoms with Crippen LogP contribution in [0.1, 0.15) is 39.5 Å². The van der Waals surface area contributed by atoms with E-state index in [0.717, 1.165) is 13.0 Å². The van der Waals surface area contributed by atoms with Crippen molar-refractivity contribution in [3.05, 3.63) is 11.2 Å². The number of rotatable bonds is 8. The van der Waals surface area contributed by atoms with Gasteiger partial charge in [-0.2, -0.15) is 4.98 Å². The Kier molecular flexibility index (Phi) is 6.80. The fourth-order valence-electron chi connectivity index (χ4n) is 1.76. The average Bonchev–Trinajstić information content (AvgIpc) is 2.40. The van der Waals surface area contributed by atoms with Gasteiger partial charge in [0.2, 0.25) is 0 Å². The highest BCUT2D eigenvalue weighted by atomic mass is 35.5. The molecule has 0 fully saturated rings. The molecule has 0 aliphatic carbocycles. The minimum atomic E-state index is 0.337. The van der Waals surface area contributed by atoms with Crippen molar-refractivity contribution < 1.29 is 4.74 Å². The maximum atomic E-state index is 6.04. The standard InChI is InChI=1S/C13H22ClN3O/c1-4-6-7-10(5-2)8-15-12-11(14)9-16-13(17-12)18-3/h9-10H,4-8H2,1-3H3,(H,15,16,17). The number of methoxy groups -OCH3 is 1. The lowest BCUT2D eigenvalue weighted by Crippen LogP contribution is -2.15. The number of nitrogens with one attached hydrogen (secondary N) is 1. The summed E-state index contributed by atoms with van der Waals surface area (Å²) in [4.78, 5) is 8.15. The topological polar surface area (TPSA) is 47.0 Å². The highest BCUT2D eigenvalue weighted by Crippen LogP contribution is 2.21. The lowest BCUT2D eigenvalue weighted by molar-refractivity contribution is 0.380. The zero-order chi connectivity index (χ0) is 13.4.